The highest BCUT2D eigenvalue weighted by Crippen LogP contribution is 2.09. The van der Waals surface area contributed by atoms with Gasteiger partial charge in [0.2, 0.25) is 0 Å². The number of hydrogen-bond donors (Lipinski definition) is 1. The van der Waals surface area contributed by atoms with E-state index in [1.165, 1.54) is 12.1 Å². The molecular formula is C18H16FN3O. The van der Waals surface area contributed by atoms with E-state index < -0.39 is 0 Å². The Morgan fingerprint density at radius 2 is 2.00 bits per heavy atom. The van der Waals surface area contributed by atoms with E-state index in [1.54, 1.807) is 30.7 Å². The van der Waals surface area contributed by atoms with Crippen molar-refractivity contribution in [2.75, 3.05) is 6.54 Å². The van der Waals surface area contributed by atoms with Gasteiger partial charge in [0.1, 0.15) is 5.82 Å². The van der Waals surface area contributed by atoms with Gasteiger partial charge in [-0.05, 0) is 48.4 Å². The van der Waals surface area contributed by atoms with Crippen molar-refractivity contribution in [3.63, 3.8) is 0 Å². The van der Waals surface area contributed by atoms with Gasteiger partial charge in [-0.25, -0.2) is 9.37 Å². The Balaban J connectivity index is 1.56. The minimum Gasteiger partial charge on any atom is -0.352 e. The molecule has 3 aromatic rings. The quantitative estimate of drug-likeness (QED) is 0.787. The average molecular weight is 309 g/mol. The summed E-state index contributed by atoms with van der Waals surface area (Å²) in [4.78, 5) is 16.1. The summed E-state index contributed by atoms with van der Waals surface area (Å²) in [6, 6.07) is 13.7. The predicted octanol–water partition coefficient (Wildman–Crippen LogP) is 2.98. The molecule has 0 aliphatic heterocycles. The number of amides is 1. The lowest BCUT2D eigenvalue weighted by Crippen LogP contribution is -2.25. The van der Waals surface area contributed by atoms with Crippen molar-refractivity contribution in [3.05, 3.63) is 84.2 Å². The molecule has 0 fully saturated rings. The molecule has 3 rings (SSSR count). The summed E-state index contributed by atoms with van der Waals surface area (Å²) in [5, 5.41) is 2.84. The molecule has 23 heavy (non-hydrogen) atoms. The van der Waals surface area contributed by atoms with E-state index in [-0.39, 0.29) is 11.7 Å². The van der Waals surface area contributed by atoms with Crippen LogP contribution in [-0.2, 0) is 6.42 Å². The van der Waals surface area contributed by atoms with Crippen LogP contribution in [0.3, 0.4) is 0 Å². The molecule has 0 aliphatic carbocycles. The van der Waals surface area contributed by atoms with Crippen molar-refractivity contribution < 1.29 is 9.18 Å². The summed E-state index contributed by atoms with van der Waals surface area (Å²) in [5.74, 6) is -0.400. The smallest absolute Gasteiger partial charge is 0.251 e. The Labute approximate surface area is 133 Å². The number of halogens is 1. The van der Waals surface area contributed by atoms with Crippen LogP contribution in [-0.4, -0.2) is 22.0 Å². The van der Waals surface area contributed by atoms with Gasteiger partial charge in [-0.1, -0.05) is 12.1 Å². The van der Waals surface area contributed by atoms with E-state index in [1.807, 2.05) is 29.0 Å². The first-order valence-corrected chi connectivity index (χ1v) is 7.33. The van der Waals surface area contributed by atoms with Crippen LogP contribution >= 0.6 is 0 Å². The molecule has 1 heterocycles. The number of carbonyl (C=O) groups is 1. The maximum atomic E-state index is 13.1. The highest BCUT2D eigenvalue weighted by atomic mass is 19.1. The van der Waals surface area contributed by atoms with Gasteiger partial charge >= 0.3 is 0 Å². The van der Waals surface area contributed by atoms with E-state index in [9.17, 15) is 9.18 Å². The third-order valence-electron chi connectivity index (χ3n) is 3.52. The monoisotopic (exact) mass is 309 g/mol. The zero-order valence-corrected chi connectivity index (χ0v) is 12.4. The summed E-state index contributed by atoms with van der Waals surface area (Å²) in [6.07, 6.45) is 5.84. The lowest BCUT2D eigenvalue weighted by Gasteiger charge is -2.07. The molecule has 0 radical (unpaired) electrons. The number of aromatic nitrogens is 2. The zero-order chi connectivity index (χ0) is 16.1. The Morgan fingerprint density at radius 3 is 2.70 bits per heavy atom. The maximum Gasteiger partial charge on any atom is 0.251 e. The number of carbonyl (C=O) groups excluding carboxylic acids is 1. The van der Waals surface area contributed by atoms with Gasteiger partial charge in [0, 0.05) is 30.2 Å². The lowest BCUT2D eigenvalue weighted by atomic mass is 10.1. The molecule has 1 N–H and O–H groups in total. The Morgan fingerprint density at radius 1 is 1.17 bits per heavy atom. The molecule has 0 atom stereocenters. The lowest BCUT2D eigenvalue weighted by molar-refractivity contribution is 0.0954. The van der Waals surface area contributed by atoms with E-state index in [0.717, 1.165) is 11.3 Å². The van der Waals surface area contributed by atoms with E-state index in [4.69, 9.17) is 0 Å². The first kappa shape index (κ1) is 15.0. The topological polar surface area (TPSA) is 46.9 Å². The number of benzene rings is 2. The molecule has 0 aliphatic rings. The summed E-state index contributed by atoms with van der Waals surface area (Å²) in [6.45, 7) is 0.464. The van der Waals surface area contributed by atoms with Crippen molar-refractivity contribution >= 4 is 5.91 Å². The second kappa shape index (κ2) is 6.87. The fourth-order valence-corrected chi connectivity index (χ4v) is 2.31. The number of nitrogens with one attached hydrogen (secondary N) is 1. The Kier molecular flexibility index (Phi) is 4.47. The highest BCUT2D eigenvalue weighted by molar-refractivity contribution is 5.94. The van der Waals surface area contributed by atoms with Crippen molar-refractivity contribution in [3.8, 4) is 5.69 Å². The first-order valence-electron chi connectivity index (χ1n) is 7.33. The Hall–Kier alpha value is -2.95. The summed E-state index contributed by atoms with van der Waals surface area (Å²) < 4.78 is 14.9. The van der Waals surface area contributed by atoms with Crippen molar-refractivity contribution in [2.45, 2.75) is 6.42 Å². The second-order valence-electron chi connectivity index (χ2n) is 5.15. The minimum absolute atomic E-state index is 0.140. The first-order chi connectivity index (χ1) is 11.2. The Bertz CT molecular complexity index is 782. The molecule has 0 saturated heterocycles. The van der Waals surface area contributed by atoms with Crippen LogP contribution in [0.15, 0.2) is 67.3 Å². The number of nitrogens with zero attached hydrogens (tertiary/aromatic N) is 2. The molecule has 4 nitrogen and oxygen atoms in total. The molecule has 2 aromatic carbocycles. The van der Waals surface area contributed by atoms with Gasteiger partial charge in [-0.2, -0.15) is 0 Å². The molecule has 0 bridgehead atoms. The molecule has 116 valence electrons. The van der Waals surface area contributed by atoms with Crippen LogP contribution in [0, 0.1) is 5.82 Å². The van der Waals surface area contributed by atoms with Gasteiger partial charge < -0.3 is 9.88 Å². The largest absolute Gasteiger partial charge is 0.352 e. The van der Waals surface area contributed by atoms with E-state index >= 15 is 0 Å². The summed E-state index contributed by atoms with van der Waals surface area (Å²) >= 11 is 0. The third kappa shape index (κ3) is 3.83. The molecule has 0 spiro atoms. The van der Waals surface area contributed by atoms with Crippen molar-refractivity contribution in [2.24, 2.45) is 0 Å². The maximum absolute atomic E-state index is 13.1. The minimum atomic E-state index is -0.260. The van der Waals surface area contributed by atoms with Crippen LogP contribution in [0.25, 0.3) is 5.69 Å². The van der Waals surface area contributed by atoms with E-state index in [0.29, 0.717) is 18.5 Å². The highest BCUT2D eigenvalue weighted by Gasteiger charge is 2.05. The summed E-state index contributed by atoms with van der Waals surface area (Å²) in [5.41, 5.74) is 2.40. The SMILES string of the molecule is O=C(NCCc1cccc(F)c1)c1ccc(-n2ccnc2)cc1. The number of imidazole rings is 1. The fourth-order valence-electron chi connectivity index (χ4n) is 2.31. The van der Waals surface area contributed by atoms with Crippen molar-refractivity contribution in [1.29, 1.82) is 0 Å². The molecule has 0 unspecified atom stereocenters. The zero-order valence-electron chi connectivity index (χ0n) is 12.4. The van der Waals surface area contributed by atoms with Crippen LogP contribution in [0.1, 0.15) is 15.9 Å². The molecule has 1 amide bonds. The second-order valence-corrected chi connectivity index (χ2v) is 5.15. The molecule has 5 heteroatoms. The molecule has 0 saturated carbocycles. The van der Waals surface area contributed by atoms with Crippen LogP contribution < -0.4 is 5.32 Å². The number of rotatable bonds is 5. The van der Waals surface area contributed by atoms with E-state index in [2.05, 4.69) is 10.3 Å². The molecular weight excluding hydrogens is 293 g/mol. The third-order valence-corrected chi connectivity index (χ3v) is 3.52. The van der Waals surface area contributed by atoms with Crippen LogP contribution in [0.2, 0.25) is 0 Å². The van der Waals surface area contributed by atoms with Gasteiger partial charge in [0.25, 0.3) is 5.91 Å². The number of hydrogen-bond acceptors (Lipinski definition) is 2. The normalized spacial score (nSPS) is 10.5. The van der Waals surface area contributed by atoms with Gasteiger partial charge in [-0.3, -0.25) is 4.79 Å². The van der Waals surface area contributed by atoms with Gasteiger partial charge in [-0.15, -0.1) is 0 Å². The summed E-state index contributed by atoms with van der Waals surface area (Å²) in [7, 11) is 0. The van der Waals surface area contributed by atoms with Gasteiger partial charge in [0.15, 0.2) is 0 Å². The van der Waals surface area contributed by atoms with Crippen LogP contribution in [0.5, 0.6) is 0 Å². The standard InChI is InChI=1S/C18H16FN3O/c19-16-3-1-2-14(12-16)8-9-21-18(23)15-4-6-17(7-5-15)22-11-10-20-13-22/h1-7,10-13H,8-9H2,(H,21,23). The van der Waals surface area contributed by atoms with Gasteiger partial charge in [0.05, 0.1) is 6.33 Å². The fraction of sp³-hybridized carbons (Fsp3) is 0.111. The van der Waals surface area contributed by atoms with Crippen molar-refractivity contribution in [1.82, 2.24) is 14.9 Å². The molecule has 1 aromatic heterocycles. The van der Waals surface area contributed by atoms with Crippen LogP contribution in [0.4, 0.5) is 4.39 Å². The average Bonchev–Trinajstić information content (AvgIpc) is 3.09. The predicted molar refractivity (Wildman–Crippen MR) is 86.0 cm³/mol.